The van der Waals surface area contributed by atoms with Gasteiger partial charge in [-0.05, 0) is 12.8 Å². The molecule has 0 saturated heterocycles. The van der Waals surface area contributed by atoms with Gasteiger partial charge in [-0.3, -0.25) is 4.79 Å². The Kier molecular flexibility index (Phi) is 5.84. The average Bonchev–Trinajstić information content (AvgIpc) is 1.97. The number of hydrogen-bond donors (Lipinski definition) is 2. The van der Waals surface area contributed by atoms with Gasteiger partial charge in [-0.25, -0.2) is 0 Å². The number of hydrogen-bond acceptors (Lipinski definition) is 2. The number of unbranched alkanes of at least 4 members (excludes halogenated alkanes) is 1. The third-order valence-electron chi connectivity index (χ3n) is 1.69. The summed E-state index contributed by atoms with van der Waals surface area (Å²) >= 11 is 0. The molecule has 11 heavy (non-hydrogen) atoms. The van der Waals surface area contributed by atoms with Gasteiger partial charge in [0, 0.05) is 12.5 Å². The molecule has 3 nitrogen and oxygen atoms in total. The Balaban J connectivity index is 3.22. The van der Waals surface area contributed by atoms with E-state index < -0.39 is 0 Å². The van der Waals surface area contributed by atoms with E-state index in [1.165, 1.54) is 0 Å². The molecule has 1 amide bonds. The SMILES string of the molecule is CCCC[C@@H](N)CCC(N)=O. The molecule has 3 heteroatoms. The van der Waals surface area contributed by atoms with Crippen LogP contribution >= 0.6 is 0 Å². The fraction of sp³-hybridized carbons (Fsp3) is 0.875. The largest absolute Gasteiger partial charge is 0.370 e. The van der Waals surface area contributed by atoms with Gasteiger partial charge < -0.3 is 11.5 Å². The summed E-state index contributed by atoms with van der Waals surface area (Å²) in [5.74, 6) is -0.253. The van der Waals surface area contributed by atoms with E-state index in [2.05, 4.69) is 6.92 Å². The zero-order valence-electron chi connectivity index (χ0n) is 7.18. The summed E-state index contributed by atoms with van der Waals surface area (Å²) in [6, 6.07) is 0.155. The van der Waals surface area contributed by atoms with Crippen LogP contribution in [-0.4, -0.2) is 11.9 Å². The van der Waals surface area contributed by atoms with E-state index in [4.69, 9.17) is 11.5 Å². The predicted octanol–water partition coefficient (Wildman–Crippen LogP) is 0.769. The second kappa shape index (κ2) is 6.16. The molecule has 4 N–H and O–H groups in total. The van der Waals surface area contributed by atoms with Crippen LogP contribution in [-0.2, 0) is 4.79 Å². The van der Waals surface area contributed by atoms with Gasteiger partial charge in [0.25, 0.3) is 0 Å². The Morgan fingerprint density at radius 1 is 1.45 bits per heavy atom. The second-order valence-corrected chi connectivity index (χ2v) is 2.91. The first kappa shape index (κ1) is 10.4. The summed E-state index contributed by atoms with van der Waals surface area (Å²) in [4.78, 5) is 10.3. The summed E-state index contributed by atoms with van der Waals surface area (Å²) in [6.45, 7) is 2.13. The first-order valence-corrected chi connectivity index (χ1v) is 4.20. The van der Waals surface area contributed by atoms with Crippen molar-refractivity contribution >= 4 is 5.91 Å². The number of nitrogens with two attached hydrogens (primary N) is 2. The summed E-state index contributed by atoms with van der Waals surface area (Å²) in [7, 11) is 0. The Hall–Kier alpha value is -0.570. The Labute approximate surface area is 68.1 Å². The molecular formula is C8H18N2O. The maximum atomic E-state index is 10.3. The first-order chi connectivity index (χ1) is 5.16. The molecule has 0 aromatic carbocycles. The molecule has 0 saturated carbocycles. The van der Waals surface area contributed by atoms with E-state index in [-0.39, 0.29) is 11.9 Å². The smallest absolute Gasteiger partial charge is 0.217 e. The lowest BCUT2D eigenvalue weighted by molar-refractivity contribution is -0.118. The van der Waals surface area contributed by atoms with Gasteiger partial charge in [-0.15, -0.1) is 0 Å². The Morgan fingerprint density at radius 2 is 2.09 bits per heavy atom. The Morgan fingerprint density at radius 3 is 2.55 bits per heavy atom. The number of carbonyl (C=O) groups is 1. The number of amides is 1. The monoisotopic (exact) mass is 158 g/mol. The molecule has 0 radical (unpaired) electrons. The lowest BCUT2D eigenvalue weighted by atomic mass is 10.1. The molecule has 66 valence electrons. The molecule has 0 bridgehead atoms. The van der Waals surface area contributed by atoms with E-state index in [9.17, 15) is 4.79 Å². The van der Waals surface area contributed by atoms with Gasteiger partial charge in [-0.2, -0.15) is 0 Å². The number of carbonyl (C=O) groups excluding carboxylic acids is 1. The molecule has 0 unspecified atom stereocenters. The van der Waals surface area contributed by atoms with Crippen LogP contribution in [0.25, 0.3) is 0 Å². The van der Waals surface area contributed by atoms with Crippen LogP contribution in [0.1, 0.15) is 39.0 Å². The van der Waals surface area contributed by atoms with Crippen molar-refractivity contribution in [3.8, 4) is 0 Å². The van der Waals surface area contributed by atoms with Gasteiger partial charge in [0.15, 0.2) is 0 Å². The quantitative estimate of drug-likeness (QED) is 0.599. The summed E-state index contributed by atoms with van der Waals surface area (Å²) < 4.78 is 0. The molecule has 0 spiro atoms. The van der Waals surface area contributed by atoms with Crippen LogP contribution < -0.4 is 11.5 Å². The van der Waals surface area contributed by atoms with Gasteiger partial charge in [0.05, 0.1) is 0 Å². The molecule has 0 heterocycles. The topological polar surface area (TPSA) is 69.1 Å². The third-order valence-corrected chi connectivity index (χ3v) is 1.69. The maximum Gasteiger partial charge on any atom is 0.217 e. The molecule has 1 atom stereocenters. The lowest BCUT2D eigenvalue weighted by Crippen LogP contribution is -2.22. The third kappa shape index (κ3) is 7.33. The van der Waals surface area contributed by atoms with Crippen molar-refractivity contribution in [2.75, 3.05) is 0 Å². The normalized spacial score (nSPS) is 12.9. The van der Waals surface area contributed by atoms with Gasteiger partial charge in [0.1, 0.15) is 0 Å². The van der Waals surface area contributed by atoms with Crippen molar-refractivity contribution in [2.24, 2.45) is 11.5 Å². The van der Waals surface area contributed by atoms with Crippen molar-refractivity contribution < 1.29 is 4.79 Å². The molecular weight excluding hydrogens is 140 g/mol. The zero-order valence-corrected chi connectivity index (χ0v) is 7.18. The first-order valence-electron chi connectivity index (χ1n) is 4.20. The van der Waals surface area contributed by atoms with E-state index >= 15 is 0 Å². The van der Waals surface area contributed by atoms with Crippen LogP contribution in [0.5, 0.6) is 0 Å². The van der Waals surface area contributed by atoms with Crippen LogP contribution in [0.2, 0.25) is 0 Å². The highest BCUT2D eigenvalue weighted by atomic mass is 16.1. The van der Waals surface area contributed by atoms with E-state index in [1.54, 1.807) is 0 Å². The van der Waals surface area contributed by atoms with Crippen LogP contribution in [0, 0.1) is 0 Å². The fourth-order valence-corrected chi connectivity index (χ4v) is 0.938. The molecule has 0 aromatic rings. The van der Waals surface area contributed by atoms with Crippen molar-refractivity contribution in [3.63, 3.8) is 0 Å². The van der Waals surface area contributed by atoms with Crippen molar-refractivity contribution in [3.05, 3.63) is 0 Å². The lowest BCUT2D eigenvalue weighted by Gasteiger charge is -2.08. The van der Waals surface area contributed by atoms with Crippen LogP contribution in [0.3, 0.4) is 0 Å². The Bertz CT molecular complexity index is 115. The van der Waals surface area contributed by atoms with Crippen molar-refractivity contribution in [1.82, 2.24) is 0 Å². The molecule has 0 aliphatic carbocycles. The second-order valence-electron chi connectivity index (χ2n) is 2.91. The van der Waals surface area contributed by atoms with Crippen LogP contribution in [0.15, 0.2) is 0 Å². The molecule has 0 rings (SSSR count). The van der Waals surface area contributed by atoms with Gasteiger partial charge in [0.2, 0.25) is 5.91 Å². The van der Waals surface area contributed by atoms with E-state index in [1.807, 2.05) is 0 Å². The van der Waals surface area contributed by atoms with Gasteiger partial charge in [-0.1, -0.05) is 19.8 Å². The average molecular weight is 158 g/mol. The van der Waals surface area contributed by atoms with Crippen molar-refractivity contribution in [2.45, 2.75) is 45.1 Å². The minimum Gasteiger partial charge on any atom is -0.370 e. The van der Waals surface area contributed by atoms with Gasteiger partial charge >= 0.3 is 0 Å². The number of primary amides is 1. The van der Waals surface area contributed by atoms with Crippen LogP contribution in [0.4, 0.5) is 0 Å². The maximum absolute atomic E-state index is 10.3. The fourth-order valence-electron chi connectivity index (χ4n) is 0.938. The molecule has 0 fully saturated rings. The van der Waals surface area contributed by atoms with E-state index in [0.717, 1.165) is 25.7 Å². The number of rotatable bonds is 6. The summed E-state index contributed by atoms with van der Waals surface area (Å²) in [5, 5.41) is 0. The van der Waals surface area contributed by atoms with Crippen molar-refractivity contribution in [1.29, 1.82) is 0 Å². The summed E-state index contributed by atoms with van der Waals surface area (Å²) in [6.07, 6.45) is 4.45. The minimum atomic E-state index is -0.253. The summed E-state index contributed by atoms with van der Waals surface area (Å²) in [5.41, 5.74) is 10.7. The minimum absolute atomic E-state index is 0.155. The van der Waals surface area contributed by atoms with E-state index in [0.29, 0.717) is 6.42 Å². The molecule has 0 aromatic heterocycles. The predicted molar refractivity (Wildman–Crippen MR) is 45.9 cm³/mol. The molecule has 0 aliphatic heterocycles. The molecule has 0 aliphatic rings. The highest BCUT2D eigenvalue weighted by Gasteiger charge is 2.03. The highest BCUT2D eigenvalue weighted by molar-refractivity contribution is 5.73. The standard InChI is InChI=1S/C8H18N2O/c1-2-3-4-7(9)5-6-8(10)11/h7H,2-6,9H2,1H3,(H2,10,11)/t7-/m1/s1. The highest BCUT2D eigenvalue weighted by Crippen LogP contribution is 2.03. The zero-order chi connectivity index (χ0) is 8.69.